The Bertz CT molecular complexity index is 222. The van der Waals surface area contributed by atoms with Crippen LogP contribution in [0.15, 0.2) is 10.5 Å². The molecule has 3 heteroatoms. The van der Waals surface area contributed by atoms with Crippen molar-refractivity contribution in [1.82, 2.24) is 0 Å². The van der Waals surface area contributed by atoms with Crippen molar-refractivity contribution in [3.63, 3.8) is 0 Å². The molecule has 0 rings (SSSR count). The molecule has 0 amide bonds. The molecule has 0 radical (unpaired) electrons. The maximum absolute atomic E-state index is 11.4. The van der Waals surface area contributed by atoms with E-state index in [0.717, 1.165) is 0 Å². The first-order valence-electron chi connectivity index (χ1n) is 5.91. The summed E-state index contributed by atoms with van der Waals surface area (Å²) in [6.07, 6.45) is 1.74. The molecule has 15 heavy (non-hydrogen) atoms. The predicted octanol–water partition coefficient (Wildman–Crippen LogP) is 3.54. The standard InChI is InChI=1S/C12H24GeO2/c1-6-13(7-2,8-3)11(5)10-12(14)15-9-4/h10H,6-9H2,1-5H3/b11-10-. The van der Waals surface area contributed by atoms with Gasteiger partial charge < -0.3 is 0 Å². The normalized spacial score (nSPS) is 12.7. The van der Waals surface area contributed by atoms with E-state index in [1.165, 1.54) is 20.2 Å². The van der Waals surface area contributed by atoms with Crippen LogP contribution in [0, 0.1) is 0 Å². The summed E-state index contributed by atoms with van der Waals surface area (Å²) in [4.78, 5) is 11.4. The van der Waals surface area contributed by atoms with Crippen LogP contribution in [-0.2, 0) is 9.53 Å². The van der Waals surface area contributed by atoms with Crippen LogP contribution in [-0.4, -0.2) is 25.8 Å². The Kier molecular flexibility index (Phi) is 6.98. The van der Waals surface area contributed by atoms with Gasteiger partial charge in [-0.15, -0.1) is 0 Å². The van der Waals surface area contributed by atoms with E-state index in [9.17, 15) is 4.79 Å². The molecule has 0 spiro atoms. The fourth-order valence-electron chi connectivity index (χ4n) is 2.10. The molecule has 0 fully saturated rings. The molecule has 2 nitrogen and oxygen atoms in total. The molecule has 0 aliphatic carbocycles. The van der Waals surface area contributed by atoms with E-state index in [0.29, 0.717) is 6.61 Å². The van der Waals surface area contributed by atoms with Gasteiger partial charge in [-0.25, -0.2) is 0 Å². The Hall–Kier alpha value is -0.247. The minimum absolute atomic E-state index is 0.166. The average molecular weight is 273 g/mol. The van der Waals surface area contributed by atoms with Crippen molar-refractivity contribution < 1.29 is 9.53 Å². The second-order valence-corrected chi connectivity index (χ2v) is 15.4. The van der Waals surface area contributed by atoms with Gasteiger partial charge in [0.15, 0.2) is 0 Å². The first-order valence-corrected chi connectivity index (χ1v) is 11.4. The Balaban J connectivity index is 4.76. The van der Waals surface area contributed by atoms with Crippen LogP contribution < -0.4 is 0 Å². The fraction of sp³-hybridized carbons (Fsp3) is 0.750. The Morgan fingerprint density at radius 1 is 1.13 bits per heavy atom. The van der Waals surface area contributed by atoms with Crippen LogP contribution in [0.4, 0.5) is 0 Å². The third-order valence-electron chi connectivity index (χ3n) is 3.49. The molecule has 0 heterocycles. The van der Waals surface area contributed by atoms with Crippen molar-refractivity contribution in [2.24, 2.45) is 0 Å². The number of carbonyl (C=O) groups is 1. The number of allylic oxidation sites excluding steroid dienone is 1. The summed E-state index contributed by atoms with van der Waals surface area (Å²) in [6, 6.07) is 0. The number of carbonyl (C=O) groups excluding carboxylic acids is 1. The number of esters is 1. The summed E-state index contributed by atoms with van der Waals surface area (Å²) in [6.45, 7) is 11.2. The zero-order valence-corrected chi connectivity index (χ0v) is 12.8. The van der Waals surface area contributed by atoms with Crippen molar-refractivity contribution in [2.75, 3.05) is 6.61 Å². The monoisotopic (exact) mass is 274 g/mol. The molecule has 0 N–H and O–H groups in total. The molecule has 0 aliphatic heterocycles. The summed E-state index contributed by atoms with van der Waals surface area (Å²) < 4.78 is 6.29. The molecule has 0 aromatic heterocycles. The molecular formula is C12H24GeO2. The van der Waals surface area contributed by atoms with Gasteiger partial charge in [0.25, 0.3) is 0 Å². The van der Waals surface area contributed by atoms with Crippen LogP contribution in [0.2, 0.25) is 15.8 Å². The fourth-order valence-corrected chi connectivity index (χ4v) is 9.65. The summed E-state index contributed by atoms with van der Waals surface area (Å²) in [5.41, 5.74) is 0. The third-order valence-corrected chi connectivity index (χ3v) is 15.8. The molecule has 88 valence electrons. The van der Waals surface area contributed by atoms with Crippen molar-refractivity contribution in [3.8, 4) is 0 Å². The summed E-state index contributed by atoms with van der Waals surface area (Å²) in [7, 11) is 0. The first kappa shape index (κ1) is 14.8. The van der Waals surface area contributed by atoms with Crippen LogP contribution in [0.3, 0.4) is 0 Å². The third kappa shape index (κ3) is 4.01. The predicted molar refractivity (Wildman–Crippen MR) is 67.6 cm³/mol. The van der Waals surface area contributed by atoms with E-state index >= 15 is 0 Å². The molecule has 0 atom stereocenters. The second-order valence-electron chi connectivity index (χ2n) is 3.92. The summed E-state index contributed by atoms with van der Waals surface area (Å²) in [5, 5.41) is 3.78. The van der Waals surface area contributed by atoms with Crippen molar-refractivity contribution in [1.29, 1.82) is 0 Å². The van der Waals surface area contributed by atoms with Crippen molar-refractivity contribution >= 4 is 19.2 Å². The van der Waals surface area contributed by atoms with E-state index in [1.807, 2.05) is 6.92 Å². The Morgan fingerprint density at radius 3 is 1.93 bits per heavy atom. The topological polar surface area (TPSA) is 26.3 Å². The molecule has 0 bridgehead atoms. The van der Waals surface area contributed by atoms with E-state index in [2.05, 4.69) is 27.7 Å². The number of hydrogen-bond acceptors (Lipinski definition) is 2. The second kappa shape index (κ2) is 7.10. The van der Waals surface area contributed by atoms with E-state index in [4.69, 9.17) is 4.74 Å². The van der Waals surface area contributed by atoms with Crippen LogP contribution >= 0.6 is 0 Å². The molecular weight excluding hydrogens is 249 g/mol. The SMILES string of the molecule is CCOC(=O)/C=[C](/C)[Ge]([CH2]C)([CH2]C)[CH2]C. The van der Waals surface area contributed by atoms with Gasteiger partial charge >= 0.3 is 96.2 Å². The van der Waals surface area contributed by atoms with Gasteiger partial charge in [0.1, 0.15) is 0 Å². The maximum atomic E-state index is 11.4. The quantitative estimate of drug-likeness (QED) is 0.420. The molecule has 0 unspecified atom stereocenters. The molecule has 0 saturated heterocycles. The van der Waals surface area contributed by atoms with Gasteiger partial charge in [-0.3, -0.25) is 0 Å². The minimum atomic E-state index is -1.89. The number of rotatable bonds is 6. The first-order chi connectivity index (χ1) is 7.06. The van der Waals surface area contributed by atoms with Crippen molar-refractivity contribution in [2.45, 2.75) is 50.4 Å². The summed E-state index contributed by atoms with van der Waals surface area (Å²) in [5.74, 6) is -0.166. The van der Waals surface area contributed by atoms with E-state index in [1.54, 1.807) is 6.08 Å². The van der Waals surface area contributed by atoms with Crippen LogP contribution in [0.5, 0.6) is 0 Å². The van der Waals surface area contributed by atoms with Crippen molar-refractivity contribution in [3.05, 3.63) is 10.5 Å². The Labute approximate surface area is 96.4 Å². The molecule has 0 aliphatic rings. The van der Waals surface area contributed by atoms with Gasteiger partial charge in [0, 0.05) is 0 Å². The molecule has 0 saturated carbocycles. The van der Waals surface area contributed by atoms with Gasteiger partial charge in [0.2, 0.25) is 0 Å². The zero-order chi connectivity index (χ0) is 11.9. The summed E-state index contributed by atoms with van der Waals surface area (Å²) >= 11 is -1.89. The average Bonchev–Trinajstić information content (AvgIpc) is 2.21. The van der Waals surface area contributed by atoms with Crippen LogP contribution in [0.1, 0.15) is 34.6 Å². The van der Waals surface area contributed by atoms with Gasteiger partial charge in [-0.1, -0.05) is 0 Å². The van der Waals surface area contributed by atoms with Gasteiger partial charge in [-0.2, -0.15) is 0 Å². The van der Waals surface area contributed by atoms with E-state index < -0.39 is 13.3 Å². The molecule has 0 aromatic carbocycles. The van der Waals surface area contributed by atoms with Gasteiger partial charge in [-0.05, 0) is 0 Å². The van der Waals surface area contributed by atoms with Crippen LogP contribution in [0.25, 0.3) is 0 Å². The molecule has 0 aromatic rings. The number of ether oxygens (including phenoxy) is 1. The zero-order valence-electron chi connectivity index (χ0n) is 10.7. The van der Waals surface area contributed by atoms with E-state index in [-0.39, 0.29) is 5.97 Å². The number of hydrogen-bond donors (Lipinski definition) is 0. The Morgan fingerprint density at radius 2 is 1.60 bits per heavy atom. The van der Waals surface area contributed by atoms with Gasteiger partial charge in [0.05, 0.1) is 0 Å².